The highest BCUT2D eigenvalue weighted by Gasteiger charge is 2.20. The van der Waals surface area contributed by atoms with Crippen molar-refractivity contribution >= 4 is 50.0 Å². The van der Waals surface area contributed by atoms with Crippen LogP contribution in [0.1, 0.15) is 31.8 Å². The predicted molar refractivity (Wildman–Crippen MR) is 147 cm³/mol. The summed E-state index contributed by atoms with van der Waals surface area (Å²) in [6, 6.07) is 19.9. The van der Waals surface area contributed by atoms with E-state index in [2.05, 4.69) is 15.1 Å². The molecule has 36 heavy (non-hydrogen) atoms. The Kier molecular flexibility index (Phi) is 7.32. The van der Waals surface area contributed by atoms with Gasteiger partial charge in [-0.1, -0.05) is 65.4 Å². The monoisotopic (exact) mass is 518 g/mol. The number of piperazine rings is 1. The molecule has 1 aliphatic rings. The molecule has 0 bridgehead atoms. The minimum absolute atomic E-state index is 0.0496. The topological polar surface area (TPSA) is 65.5 Å². The third-order valence-corrected chi connectivity index (χ3v) is 8.03. The lowest BCUT2D eigenvalue weighted by molar-refractivity contribution is 0.0946. The van der Waals surface area contributed by atoms with Crippen molar-refractivity contribution in [3.8, 4) is 0 Å². The summed E-state index contributed by atoms with van der Waals surface area (Å²) >= 11 is 7.96. The Hall–Kier alpha value is -3.26. The highest BCUT2D eigenvalue weighted by atomic mass is 35.5. The molecule has 1 aromatic heterocycles. The number of hydrogen-bond donors (Lipinski definition) is 1. The molecule has 1 saturated heterocycles. The van der Waals surface area contributed by atoms with Crippen LogP contribution >= 0.6 is 22.9 Å². The van der Waals surface area contributed by atoms with Crippen molar-refractivity contribution in [2.24, 2.45) is 0 Å². The van der Waals surface area contributed by atoms with Crippen LogP contribution < -0.4 is 10.2 Å². The van der Waals surface area contributed by atoms with Crippen LogP contribution in [-0.4, -0.2) is 60.8 Å². The Labute approximate surface area is 219 Å². The van der Waals surface area contributed by atoms with Gasteiger partial charge >= 0.3 is 0 Å². The van der Waals surface area contributed by atoms with E-state index in [9.17, 15) is 9.59 Å². The first-order valence-corrected chi connectivity index (χ1v) is 13.2. The Morgan fingerprint density at radius 2 is 1.58 bits per heavy atom. The van der Waals surface area contributed by atoms with Gasteiger partial charge in [-0.3, -0.25) is 14.5 Å². The number of anilines is 1. The standard InChI is InChI=1S/C28H27ClN4O2S/c1-19-23(29)11-12-24-25(19)31-28(36-24)33-17-15-32(16-18-33)14-13-30-27(35)22-9-7-21(8-10-22)26(34)20-5-3-2-4-6-20/h2-12H,13-18H2,1H3,(H,30,35). The van der Waals surface area contributed by atoms with E-state index in [1.165, 1.54) is 0 Å². The van der Waals surface area contributed by atoms with E-state index in [0.717, 1.165) is 58.7 Å². The number of carbonyl (C=O) groups excluding carboxylic acids is 2. The van der Waals surface area contributed by atoms with E-state index in [4.69, 9.17) is 16.6 Å². The largest absolute Gasteiger partial charge is 0.351 e. The summed E-state index contributed by atoms with van der Waals surface area (Å²) in [6.45, 7) is 7.01. The van der Waals surface area contributed by atoms with E-state index in [1.54, 1.807) is 47.7 Å². The number of hydrogen-bond acceptors (Lipinski definition) is 6. The van der Waals surface area contributed by atoms with Crippen LogP contribution in [0.2, 0.25) is 5.02 Å². The molecular formula is C28H27ClN4O2S. The van der Waals surface area contributed by atoms with Crippen molar-refractivity contribution in [2.75, 3.05) is 44.2 Å². The average Bonchev–Trinajstić information content (AvgIpc) is 3.36. The molecule has 6 nitrogen and oxygen atoms in total. The van der Waals surface area contributed by atoms with Gasteiger partial charge in [-0.05, 0) is 36.8 Å². The predicted octanol–water partition coefficient (Wildman–Crippen LogP) is 5.04. The highest BCUT2D eigenvalue weighted by Crippen LogP contribution is 2.33. The SMILES string of the molecule is Cc1c(Cl)ccc2sc(N3CCN(CCNC(=O)c4ccc(C(=O)c5ccccc5)cc4)CC3)nc12. The van der Waals surface area contributed by atoms with Crippen molar-refractivity contribution in [1.82, 2.24) is 15.2 Å². The Morgan fingerprint density at radius 1 is 0.917 bits per heavy atom. The second-order valence-electron chi connectivity index (χ2n) is 8.87. The van der Waals surface area contributed by atoms with Gasteiger partial charge in [-0.15, -0.1) is 0 Å². The summed E-state index contributed by atoms with van der Waals surface area (Å²) in [6.07, 6.45) is 0. The van der Waals surface area contributed by atoms with Crippen LogP contribution in [0.5, 0.6) is 0 Å². The van der Waals surface area contributed by atoms with E-state index in [1.807, 2.05) is 37.3 Å². The molecule has 0 radical (unpaired) electrons. The van der Waals surface area contributed by atoms with E-state index < -0.39 is 0 Å². The van der Waals surface area contributed by atoms with Crippen molar-refractivity contribution in [2.45, 2.75) is 6.92 Å². The number of benzene rings is 3. The minimum atomic E-state index is -0.129. The Morgan fingerprint density at radius 3 is 2.31 bits per heavy atom. The van der Waals surface area contributed by atoms with Gasteiger partial charge in [0.2, 0.25) is 0 Å². The number of ketones is 1. The summed E-state index contributed by atoms with van der Waals surface area (Å²) in [4.78, 5) is 34.6. The van der Waals surface area contributed by atoms with Crippen molar-refractivity contribution in [3.05, 3.63) is 94.0 Å². The van der Waals surface area contributed by atoms with Gasteiger partial charge in [0, 0.05) is 61.0 Å². The van der Waals surface area contributed by atoms with Gasteiger partial charge in [0.05, 0.1) is 10.2 Å². The van der Waals surface area contributed by atoms with Crippen LogP contribution in [0.25, 0.3) is 10.2 Å². The number of nitrogens with one attached hydrogen (secondary N) is 1. The maximum atomic E-state index is 12.6. The molecule has 1 N–H and O–H groups in total. The summed E-state index contributed by atoms with van der Waals surface area (Å²) in [7, 11) is 0. The first kappa shape index (κ1) is 24.4. The molecule has 1 fully saturated rings. The number of aryl methyl sites for hydroxylation is 1. The van der Waals surface area contributed by atoms with Gasteiger partial charge < -0.3 is 10.2 Å². The molecule has 4 aromatic rings. The molecule has 3 aromatic carbocycles. The minimum Gasteiger partial charge on any atom is -0.351 e. The zero-order valence-corrected chi connectivity index (χ0v) is 21.6. The second-order valence-corrected chi connectivity index (χ2v) is 10.3. The van der Waals surface area contributed by atoms with E-state index in [0.29, 0.717) is 23.2 Å². The Balaban J connectivity index is 1.09. The molecule has 0 spiro atoms. The van der Waals surface area contributed by atoms with Gasteiger partial charge in [-0.25, -0.2) is 4.98 Å². The molecule has 2 heterocycles. The van der Waals surface area contributed by atoms with Crippen LogP contribution in [0.4, 0.5) is 5.13 Å². The van der Waals surface area contributed by atoms with E-state index >= 15 is 0 Å². The molecular weight excluding hydrogens is 492 g/mol. The molecule has 1 amide bonds. The fraction of sp³-hybridized carbons (Fsp3) is 0.250. The van der Waals surface area contributed by atoms with Gasteiger partial charge in [-0.2, -0.15) is 0 Å². The van der Waals surface area contributed by atoms with Crippen LogP contribution in [-0.2, 0) is 0 Å². The third kappa shape index (κ3) is 5.28. The van der Waals surface area contributed by atoms with Crippen molar-refractivity contribution in [3.63, 3.8) is 0 Å². The number of halogens is 1. The number of fused-ring (bicyclic) bond motifs is 1. The van der Waals surface area contributed by atoms with Crippen molar-refractivity contribution < 1.29 is 9.59 Å². The molecule has 5 rings (SSSR count). The lowest BCUT2D eigenvalue weighted by Gasteiger charge is -2.34. The van der Waals surface area contributed by atoms with Crippen LogP contribution in [0, 0.1) is 6.92 Å². The lowest BCUT2D eigenvalue weighted by Crippen LogP contribution is -2.48. The van der Waals surface area contributed by atoms with Crippen LogP contribution in [0.15, 0.2) is 66.7 Å². The molecule has 0 unspecified atom stereocenters. The van der Waals surface area contributed by atoms with Crippen molar-refractivity contribution in [1.29, 1.82) is 0 Å². The highest BCUT2D eigenvalue weighted by molar-refractivity contribution is 7.22. The summed E-state index contributed by atoms with van der Waals surface area (Å²) < 4.78 is 1.16. The second kappa shape index (κ2) is 10.8. The number of aromatic nitrogens is 1. The number of thiazole rings is 1. The zero-order valence-electron chi connectivity index (χ0n) is 20.0. The number of nitrogens with zero attached hydrogens (tertiary/aromatic N) is 3. The Bertz CT molecular complexity index is 1380. The van der Waals surface area contributed by atoms with Gasteiger partial charge in [0.1, 0.15) is 0 Å². The molecule has 0 saturated carbocycles. The zero-order chi connectivity index (χ0) is 25.1. The maximum absolute atomic E-state index is 12.6. The number of carbonyl (C=O) groups is 2. The average molecular weight is 519 g/mol. The molecule has 1 aliphatic heterocycles. The summed E-state index contributed by atoms with van der Waals surface area (Å²) in [5.41, 5.74) is 3.78. The first-order chi connectivity index (χ1) is 17.5. The summed E-state index contributed by atoms with van der Waals surface area (Å²) in [5, 5.41) is 4.79. The molecule has 0 atom stereocenters. The maximum Gasteiger partial charge on any atom is 0.251 e. The third-order valence-electron chi connectivity index (χ3n) is 6.54. The van der Waals surface area contributed by atoms with Gasteiger partial charge in [0.25, 0.3) is 5.91 Å². The smallest absolute Gasteiger partial charge is 0.251 e. The van der Waals surface area contributed by atoms with Crippen LogP contribution in [0.3, 0.4) is 0 Å². The fourth-order valence-electron chi connectivity index (χ4n) is 4.35. The number of amides is 1. The first-order valence-electron chi connectivity index (χ1n) is 12.0. The number of rotatable bonds is 7. The quantitative estimate of drug-likeness (QED) is 0.347. The lowest BCUT2D eigenvalue weighted by atomic mass is 10.0. The fourth-order valence-corrected chi connectivity index (χ4v) is 5.57. The molecule has 8 heteroatoms. The van der Waals surface area contributed by atoms with Gasteiger partial charge in [0.15, 0.2) is 10.9 Å². The van der Waals surface area contributed by atoms with E-state index in [-0.39, 0.29) is 11.7 Å². The molecule has 0 aliphatic carbocycles. The normalized spacial score (nSPS) is 14.2. The summed E-state index contributed by atoms with van der Waals surface area (Å²) in [5.74, 6) is -0.178. The molecule has 184 valence electrons.